The Morgan fingerprint density at radius 1 is 0.680 bits per heavy atom. The first kappa shape index (κ1) is 29.3. The Bertz CT molecular complexity index is 273. The number of aliphatic hydroxyl groups excluding tert-OH is 4. The molecule has 0 aromatic carbocycles. The van der Waals surface area contributed by atoms with E-state index in [0.717, 1.165) is 0 Å². The van der Waals surface area contributed by atoms with Gasteiger partial charge in [0.05, 0.1) is 24.4 Å². The maximum Gasteiger partial charge on any atom is 2.00 e. The molecule has 0 fully saturated rings. The predicted octanol–water partition coefficient (Wildman–Crippen LogP) is -1.35. The molecule has 4 atom stereocenters. The summed E-state index contributed by atoms with van der Waals surface area (Å²) in [6.45, 7) is 10.2. The minimum absolute atomic E-state index is 0. The third-order valence-electron chi connectivity index (χ3n) is 2.82. The molecule has 0 aliphatic rings. The van der Waals surface area contributed by atoms with Crippen molar-refractivity contribution in [1.82, 2.24) is 9.80 Å². The molecule has 0 saturated heterocycles. The molecule has 0 aromatic heterocycles. The third kappa shape index (κ3) is 25.8. The molecule has 0 aliphatic carbocycles. The molecule has 0 spiro atoms. The second kappa shape index (κ2) is 16.9. The van der Waals surface area contributed by atoms with Crippen molar-refractivity contribution in [2.45, 2.75) is 52.1 Å². The zero-order valence-electron chi connectivity index (χ0n) is 15.3. The average Bonchev–Trinajstić information content (AvgIpc) is 2.32. The number of hydrogen-bond acceptors (Lipinski definition) is 7. The molecule has 10 nitrogen and oxygen atoms in total. The molecule has 0 aliphatic heterocycles. The van der Waals surface area contributed by atoms with Gasteiger partial charge in [-0.05, 0) is 27.7 Å². The summed E-state index contributed by atoms with van der Waals surface area (Å²) in [5, 5.41) is 50.4. The summed E-state index contributed by atoms with van der Waals surface area (Å²) in [5.41, 5.74) is 0. The molecule has 4 unspecified atom stereocenters. The zero-order chi connectivity index (χ0) is 19.3. The molecule has 0 saturated carbocycles. The van der Waals surface area contributed by atoms with E-state index in [1.165, 1.54) is 0 Å². The van der Waals surface area contributed by atoms with Gasteiger partial charge in [0.2, 0.25) is 0 Å². The molecule has 155 valence electrons. The van der Waals surface area contributed by atoms with E-state index in [9.17, 15) is 20.4 Å². The number of aliphatic hydroxyl groups is 4. The number of nitrogens with zero attached hydrogens (tertiary/aromatic N) is 3. The van der Waals surface area contributed by atoms with Crippen molar-refractivity contribution in [1.29, 1.82) is 0 Å². The molecule has 1 radical (unpaired) electrons. The van der Waals surface area contributed by atoms with Gasteiger partial charge in [-0.1, -0.05) is 0 Å². The normalized spacial score (nSPS) is 15.6. The number of rotatable bonds is 11. The van der Waals surface area contributed by atoms with Gasteiger partial charge in [-0.15, -0.1) is 0 Å². The van der Waals surface area contributed by atoms with Gasteiger partial charge in [0.15, 0.2) is 0 Å². The van der Waals surface area contributed by atoms with Crippen molar-refractivity contribution < 1.29 is 53.0 Å². The fourth-order valence-corrected chi connectivity index (χ4v) is 2.29. The Balaban J connectivity index is -0.000000867. The Morgan fingerprint density at radius 2 is 0.840 bits per heavy atom. The summed E-state index contributed by atoms with van der Waals surface area (Å²) in [4.78, 5) is 12.5. The van der Waals surface area contributed by atoms with E-state index < -0.39 is 29.5 Å². The van der Waals surface area contributed by atoms with Crippen molar-refractivity contribution >= 4 is 0 Å². The summed E-state index contributed by atoms with van der Waals surface area (Å²) < 4.78 is 0. The topological polar surface area (TPSA) is 148 Å². The third-order valence-corrected chi connectivity index (χ3v) is 2.82. The van der Waals surface area contributed by atoms with Crippen molar-refractivity contribution in [2.75, 3.05) is 39.3 Å². The molecule has 0 bridgehead atoms. The maximum atomic E-state index is 9.47. The molecule has 0 heterocycles. The van der Waals surface area contributed by atoms with E-state index in [1.807, 2.05) is 9.80 Å². The quantitative estimate of drug-likeness (QED) is 0.177. The monoisotopic (exact) mass is 419 g/mol. The summed E-state index contributed by atoms with van der Waals surface area (Å²) in [6, 6.07) is 0. The van der Waals surface area contributed by atoms with Gasteiger partial charge in [0.1, 0.15) is 4.91 Å². The van der Waals surface area contributed by atoms with Gasteiger partial charge in [0.25, 0.3) is 0 Å². The standard InChI is InChI=1S/C14H32N2O4.Cu.H2NO3/c1-11(17)7-15(8-12(2)18)5-6-16(9-13(3)19)10-14(4)20;;2-1(3)4/h11-14,17-20H,5-10H2,1-4H3;;(H2,2,3,4)/q;+2;+1. The maximum absolute atomic E-state index is 9.47. The van der Waals surface area contributed by atoms with Crippen LogP contribution in [0.5, 0.6) is 0 Å². The van der Waals surface area contributed by atoms with Gasteiger partial charge in [0, 0.05) is 39.3 Å². The van der Waals surface area contributed by atoms with Crippen LogP contribution in [0.3, 0.4) is 0 Å². The predicted molar refractivity (Wildman–Crippen MR) is 86.8 cm³/mol. The molecule has 6 N–H and O–H groups in total. The molecular formula is C14H34CuN3O7+3. The minimum atomic E-state index is -1.25. The van der Waals surface area contributed by atoms with Crippen molar-refractivity contribution in [3.8, 4) is 0 Å². The smallest absolute Gasteiger partial charge is 0.392 e. The van der Waals surface area contributed by atoms with E-state index in [4.69, 9.17) is 15.3 Å². The Hall–Kier alpha value is -0.521. The van der Waals surface area contributed by atoms with Crippen LogP contribution >= 0.6 is 0 Å². The van der Waals surface area contributed by atoms with E-state index in [1.54, 1.807) is 27.7 Å². The van der Waals surface area contributed by atoms with Crippen LogP contribution in [0, 0.1) is 4.91 Å². The second-order valence-electron chi connectivity index (χ2n) is 6.17. The van der Waals surface area contributed by atoms with Gasteiger partial charge >= 0.3 is 22.2 Å². The van der Waals surface area contributed by atoms with Crippen LogP contribution in [0.4, 0.5) is 0 Å². The molecular weight excluding hydrogens is 386 g/mol. The average molecular weight is 420 g/mol. The Kier molecular flexibility index (Phi) is 19.8. The van der Waals surface area contributed by atoms with Crippen LogP contribution in [0.25, 0.3) is 0 Å². The van der Waals surface area contributed by atoms with Crippen LogP contribution in [0.1, 0.15) is 27.7 Å². The molecule has 0 rings (SSSR count). The van der Waals surface area contributed by atoms with Crippen molar-refractivity contribution in [2.24, 2.45) is 0 Å². The van der Waals surface area contributed by atoms with Crippen molar-refractivity contribution in [3.63, 3.8) is 0 Å². The van der Waals surface area contributed by atoms with Crippen LogP contribution in [-0.2, 0) is 17.1 Å². The summed E-state index contributed by atoms with van der Waals surface area (Å²) in [5.74, 6) is 0. The number of hydrogen-bond donors (Lipinski definition) is 6. The SMILES string of the molecule is CC(O)CN(CCN(CC(C)O)CC(C)O)CC(C)O.O=[N+](O)O.[Cu+2]. The van der Waals surface area contributed by atoms with Gasteiger partial charge < -0.3 is 20.4 Å². The summed E-state index contributed by atoms with van der Waals surface area (Å²) in [6.07, 6.45) is -1.79. The minimum Gasteiger partial charge on any atom is -0.392 e. The van der Waals surface area contributed by atoms with Crippen LogP contribution in [0.15, 0.2) is 0 Å². The summed E-state index contributed by atoms with van der Waals surface area (Å²) >= 11 is 0. The van der Waals surface area contributed by atoms with Crippen LogP contribution in [0.2, 0.25) is 0 Å². The first-order chi connectivity index (χ1) is 10.9. The van der Waals surface area contributed by atoms with Crippen LogP contribution in [-0.4, -0.2) is 109 Å². The second-order valence-corrected chi connectivity index (χ2v) is 6.17. The van der Waals surface area contributed by atoms with E-state index in [2.05, 4.69) is 0 Å². The Morgan fingerprint density at radius 3 is 0.960 bits per heavy atom. The first-order valence-electron chi connectivity index (χ1n) is 7.96. The van der Waals surface area contributed by atoms with Crippen molar-refractivity contribution in [3.05, 3.63) is 4.91 Å². The fraction of sp³-hybridized carbons (Fsp3) is 1.00. The Labute approximate surface area is 159 Å². The van der Waals surface area contributed by atoms with Gasteiger partial charge in [-0.3, -0.25) is 9.80 Å². The van der Waals surface area contributed by atoms with E-state index in [0.29, 0.717) is 39.3 Å². The fourth-order valence-electron chi connectivity index (χ4n) is 2.29. The zero-order valence-corrected chi connectivity index (χ0v) is 16.2. The molecule has 0 amide bonds. The molecule has 0 aromatic rings. The molecule has 11 heteroatoms. The largest absolute Gasteiger partial charge is 2.00 e. The molecule has 25 heavy (non-hydrogen) atoms. The van der Waals surface area contributed by atoms with Crippen LogP contribution < -0.4 is 0 Å². The van der Waals surface area contributed by atoms with Gasteiger partial charge in [-0.25, -0.2) is 10.4 Å². The van der Waals surface area contributed by atoms with E-state index in [-0.39, 0.29) is 17.1 Å². The summed E-state index contributed by atoms with van der Waals surface area (Å²) in [7, 11) is 0. The van der Waals surface area contributed by atoms with E-state index >= 15 is 0 Å². The van der Waals surface area contributed by atoms with Gasteiger partial charge in [-0.2, -0.15) is 0 Å². The first-order valence-corrected chi connectivity index (χ1v) is 7.96.